The number of aromatic nitrogens is 2. The minimum Gasteiger partial charge on any atom is -0.350 e. The van der Waals surface area contributed by atoms with Crippen molar-refractivity contribution in [2.45, 2.75) is 13.1 Å². The molecule has 0 spiro atoms. The molecule has 0 atom stereocenters. The quantitative estimate of drug-likeness (QED) is 0.661. The van der Waals surface area contributed by atoms with Crippen LogP contribution >= 0.6 is 23.2 Å². The van der Waals surface area contributed by atoms with Crippen molar-refractivity contribution in [3.8, 4) is 0 Å². The standard InChI is InChI=1S/C19H16Cl2N4O/c20-16-5-1-13(2-6-16)9-22-18(26)15-11-24-19(25-12-15)23-10-14-3-7-17(21)8-4-14/h1-8,11-12H,9-10H2,(H,22,26)(H,23,24,25). The van der Waals surface area contributed by atoms with Gasteiger partial charge in [-0.2, -0.15) is 0 Å². The van der Waals surface area contributed by atoms with Crippen LogP contribution in [0.4, 0.5) is 5.95 Å². The first-order chi connectivity index (χ1) is 12.6. The molecular weight excluding hydrogens is 371 g/mol. The monoisotopic (exact) mass is 386 g/mol. The van der Waals surface area contributed by atoms with Crippen molar-refractivity contribution < 1.29 is 4.79 Å². The normalized spacial score (nSPS) is 10.4. The number of benzene rings is 2. The minimum atomic E-state index is -0.232. The number of carbonyl (C=O) groups is 1. The maximum atomic E-state index is 12.2. The molecule has 0 unspecified atom stereocenters. The molecule has 3 rings (SSSR count). The van der Waals surface area contributed by atoms with E-state index in [0.717, 1.165) is 11.1 Å². The molecule has 7 heteroatoms. The van der Waals surface area contributed by atoms with Crippen molar-refractivity contribution >= 4 is 35.1 Å². The number of halogens is 2. The average Bonchev–Trinajstić information content (AvgIpc) is 2.67. The fourth-order valence-electron chi connectivity index (χ4n) is 2.21. The largest absolute Gasteiger partial charge is 0.350 e. The molecule has 5 nitrogen and oxygen atoms in total. The smallest absolute Gasteiger partial charge is 0.254 e. The SMILES string of the molecule is O=C(NCc1ccc(Cl)cc1)c1cnc(NCc2ccc(Cl)cc2)nc1. The molecule has 3 aromatic rings. The van der Waals surface area contributed by atoms with E-state index in [9.17, 15) is 4.79 Å². The van der Waals surface area contributed by atoms with Crippen LogP contribution in [0, 0.1) is 0 Å². The third-order valence-corrected chi connectivity index (χ3v) is 4.15. The topological polar surface area (TPSA) is 66.9 Å². The van der Waals surface area contributed by atoms with E-state index in [1.54, 1.807) is 12.1 Å². The number of rotatable bonds is 6. The zero-order chi connectivity index (χ0) is 18.4. The van der Waals surface area contributed by atoms with E-state index in [1.807, 2.05) is 36.4 Å². The van der Waals surface area contributed by atoms with Crippen molar-refractivity contribution in [2.24, 2.45) is 0 Å². The van der Waals surface area contributed by atoms with Gasteiger partial charge in [-0.05, 0) is 35.4 Å². The molecule has 0 aliphatic rings. The summed E-state index contributed by atoms with van der Waals surface area (Å²) in [5.74, 6) is 0.221. The summed E-state index contributed by atoms with van der Waals surface area (Å²) in [5, 5.41) is 7.28. The lowest BCUT2D eigenvalue weighted by Crippen LogP contribution is -2.23. The van der Waals surface area contributed by atoms with E-state index in [2.05, 4.69) is 20.6 Å². The highest BCUT2D eigenvalue weighted by atomic mass is 35.5. The highest BCUT2D eigenvalue weighted by Crippen LogP contribution is 2.11. The maximum absolute atomic E-state index is 12.2. The summed E-state index contributed by atoms with van der Waals surface area (Å²) in [6.07, 6.45) is 2.99. The number of hydrogen-bond acceptors (Lipinski definition) is 4. The second-order valence-electron chi connectivity index (χ2n) is 5.58. The molecule has 1 heterocycles. The lowest BCUT2D eigenvalue weighted by molar-refractivity contribution is 0.0950. The van der Waals surface area contributed by atoms with Crippen LogP contribution < -0.4 is 10.6 Å². The summed E-state index contributed by atoms with van der Waals surface area (Å²) in [7, 11) is 0. The summed E-state index contributed by atoms with van der Waals surface area (Å²) in [5.41, 5.74) is 2.42. The number of anilines is 1. The first-order valence-electron chi connectivity index (χ1n) is 7.93. The van der Waals surface area contributed by atoms with Crippen LogP contribution in [0.3, 0.4) is 0 Å². The van der Waals surface area contributed by atoms with Gasteiger partial charge in [-0.3, -0.25) is 4.79 Å². The summed E-state index contributed by atoms with van der Waals surface area (Å²) < 4.78 is 0. The summed E-state index contributed by atoms with van der Waals surface area (Å²) >= 11 is 11.7. The second-order valence-corrected chi connectivity index (χ2v) is 6.46. The predicted octanol–water partition coefficient (Wildman–Crippen LogP) is 4.33. The molecule has 1 amide bonds. The number of carbonyl (C=O) groups excluding carboxylic acids is 1. The molecule has 0 saturated carbocycles. The van der Waals surface area contributed by atoms with E-state index in [-0.39, 0.29) is 5.91 Å². The number of nitrogens with zero attached hydrogens (tertiary/aromatic N) is 2. The van der Waals surface area contributed by atoms with Gasteiger partial charge in [0.15, 0.2) is 0 Å². The number of hydrogen-bond donors (Lipinski definition) is 2. The Morgan fingerprint density at radius 1 is 0.808 bits per heavy atom. The molecule has 1 aromatic heterocycles. The van der Waals surface area contributed by atoms with Gasteiger partial charge in [0.2, 0.25) is 5.95 Å². The minimum absolute atomic E-state index is 0.232. The van der Waals surface area contributed by atoms with Gasteiger partial charge >= 0.3 is 0 Å². The van der Waals surface area contributed by atoms with Gasteiger partial charge in [0.05, 0.1) is 5.56 Å². The molecule has 0 radical (unpaired) electrons. The van der Waals surface area contributed by atoms with Gasteiger partial charge in [-0.1, -0.05) is 47.5 Å². The Balaban J connectivity index is 1.52. The highest BCUT2D eigenvalue weighted by Gasteiger charge is 2.07. The fourth-order valence-corrected chi connectivity index (χ4v) is 2.46. The van der Waals surface area contributed by atoms with Gasteiger partial charge < -0.3 is 10.6 Å². The van der Waals surface area contributed by atoms with Crippen LogP contribution in [0.5, 0.6) is 0 Å². The van der Waals surface area contributed by atoms with Crippen molar-refractivity contribution in [3.05, 3.63) is 87.7 Å². The Bertz CT molecular complexity index is 866. The fraction of sp³-hybridized carbons (Fsp3) is 0.105. The molecule has 26 heavy (non-hydrogen) atoms. The van der Waals surface area contributed by atoms with Crippen LogP contribution in [0.2, 0.25) is 10.0 Å². The van der Waals surface area contributed by atoms with Crippen LogP contribution in [-0.4, -0.2) is 15.9 Å². The predicted molar refractivity (Wildman–Crippen MR) is 103 cm³/mol. The summed E-state index contributed by atoms with van der Waals surface area (Å²) in [6.45, 7) is 0.978. The van der Waals surface area contributed by atoms with Gasteiger partial charge in [0, 0.05) is 35.5 Å². The van der Waals surface area contributed by atoms with Gasteiger partial charge in [-0.25, -0.2) is 9.97 Å². The lowest BCUT2D eigenvalue weighted by atomic mass is 10.2. The molecule has 2 aromatic carbocycles. The number of nitrogens with one attached hydrogen (secondary N) is 2. The van der Waals surface area contributed by atoms with Crippen molar-refractivity contribution in [2.75, 3.05) is 5.32 Å². The Kier molecular flexibility index (Phi) is 6.04. The van der Waals surface area contributed by atoms with Gasteiger partial charge in [0.1, 0.15) is 0 Å². The highest BCUT2D eigenvalue weighted by molar-refractivity contribution is 6.30. The molecule has 0 saturated heterocycles. The maximum Gasteiger partial charge on any atom is 0.254 e. The Labute approximate surface area is 161 Å². The van der Waals surface area contributed by atoms with Crippen LogP contribution in [0.25, 0.3) is 0 Å². The van der Waals surface area contributed by atoms with Crippen LogP contribution in [0.15, 0.2) is 60.9 Å². The molecule has 0 aliphatic carbocycles. The van der Waals surface area contributed by atoms with Crippen LogP contribution in [-0.2, 0) is 13.1 Å². The van der Waals surface area contributed by atoms with Gasteiger partial charge in [-0.15, -0.1) is 0 Å². The molecule has 0 aliphatic heterocycles. The van der Waals surface area contributed by atoms with E-state index in [0.29, 0.717) is 34.6 Å². The second kappa shape index (κ2) is 8.65. The van der Waals surface area contributed by atoms with E-state index in [1.165, 1.54) is 12.4 Å². The third kappa shape index (κ3) is 5.18. The zero-order valence-electron chi connectivity index (χ0n) is 13.7. The lowest BCUT2D eigenvalue weighted by Gasteiger charge is -2.07. The molecule has 132 valence electrons. The molecule has 0 bridgehead atoms. The number of amides is 1. The Hall–Kier alpha value is -2.63. The van der Waals surface area contributed by atoms with Crippen molar-refractivity contribution in [1.29, 1.82) is 0 Å². The first-order valence-corrected chi connectivity index (χ1v) is 8.69. The first kappa shape index (κ1) is 18.2. The average molecular weight is 387 g/mol. The summed E-state index contributed by atoms with van der Waals surface area (Å²) in [6, 6.07) is 14.8. The molecular formula is C19H16Cl2N4O. The van der Waals surface area contributed by atoms with Crippen LogP contribution in [0.1, 0.15) is 21.5 Å². The Morgan fingerprint density at radius 3 is 1.85 bits per heavy atom. The summed E-state index contributed by atoms with van der Waals surface area (Å²) in [4.78, 5) is 20.5. The third-order valence-electron chi connectivity index (χ3n) is 3.64. The Morgan fingerprint density at radius 2 is 1.31 bits per heavy atom. The van der Waals surface area contributed by atoms with E-state index >= 15 is 0 Å². The van der Waals surface area contributed by atoms with E-state index < -0.39 is 0 Å². The van der Waals surface area contributed by atoms with E-state index in [4.69, 9.17) is 23.2 Å². The molecule has 2 N–H and O–H groups in total. The van der Waals surface area contributed by atoms with Gasteiger partial charge in [0.25, 0.3) is 5.91 Å². The molecule has 0 fully saturated rings. The zero-order valence-corrected chi connectivity index (χ0v) is 15.3. The van der Waals surface area contributed by atoms with Crippen molar-refractivity contribution in [3.63, 3.8) is 0 Å². The van der Waals surface area contributed by atoms with Crippen molar-refractivity contribution in [1.82, 2.24) is 15.3 Å².